The molecule has 4 N–H and O–H groups in total. The summed E-state index contributed by atoms with van der Waals surface area (Å²) in [5, 5.41) is 22.1. The number of aromatic hydroxyl groups is 1. The SMILES string of the molecule is O=C(Nc1cncc(-c2cc3c(-c4cc5c(-c6cc(O)cc(F)c6)nccc5[nH]4)n[nH]c3cn2)c1)C1CCCC1. The molecule has 9 nitrogen and oxygen atoms in total. The van der Waals surface area contributed by atoms with Crippen LogP contribution in [-0.2, 0) is 4.79 Å². The van der Waals surface area contributed by atoms with Crippen molar-refractivity contribution in [2.24, 2.45) is 5.92 Å². The highest BCUT2D eigenvalue weighted by atomic mass is 19.1. The standard InChI is InChI=1S/C30H24FN7O2/c31-19-7-17(9-21(39)10-19)28-22-12-26(36-24(22)5-6-33-28)29-23-11-25(34-15-27(23)37-38-29)18-8-20(14-32-13-18)35-30(40)16-3-1-2-4-16/h5-16,36,39H,1-4H2,(H,35,40)(H,37,38). The number of aromatic amines is 2. The van der Waals surface area contributed by atoms with E-state index in [2.05, 4.69) is 35.5 Å². The first-order valence-corrected chi connectivity index (χ1v) is 13.1. The number of amides is 1. The molecule has 0 spiro atoms. The number of hydrogen-bond acceptors (Lipinski definition) is 6. The number of fused-ring (bicyclic) bond motifs is 2. The molecule has 40 heavy (non-hydrogen) atoms. The summed E-state index contributed by atoms with van der Waals surface area (Å²) >= 11 is 0. The summed E-state index contributed by atoms with van der Waals surface area (Å²) in [5.41, 5.74) is 6.08. The fraction of sp³-hybridized carbons (Fsp3) is 0.167. The van der Waals surface area contributed by atoms with Gasteiger partial charge in [0.2, 0.25) is 5.91 Å². The molecule has 0 aliphatic heterocycles. The number of nitrogens with zero attached hydrogens (tertiary/aromatic N) is 4. The van der Waals surface area contributed by atoms with Crippen molar-refractivity contribution in [3.8, 4) is 39.7 Å². The minimum Gasteiger partial charge on any atom is -0.508 e. The first kappa shape index (κ1) is 24.0. The van der Waals surface area contributed by atoms with Gasteiger partial charge in [0.05, 0.1) is 40.7 Å². The molecular weight excluding hydrogens is 509 g/mol. The highest BCUT2D eigenvalue weighted by Crippen LogP contribution is 2.35. The van der Waals surface area contributed by atoms with Crippen molar-refractivity contribution in [3.05, 3.63) is 73.1 Å². The third kappa shape index (κ3) is 4.33. The molecule has 6 aromatic rings. The summed E-state index contributed by atoms with van der Waals surface area (Å²) in [6.07, 6.45) is 10.8. The third-order valence-corrected chi connectivity index (χ3v) is 7.43. The molecule has 10 heteroatoms. The van der Waals surface area contributed by atoms with E-state index in [9.17, 15) is 14.3 Å². The van der Waals surface area contributed by atoms with Crippen molar-refractivity contribution in [1.29, 1.82) is 0 Å². The van der Waals surface area contributed by atoms with Crippen molar-refractivity contribution in [1.82, 2.24) is 30.1 Å². The van der Waals surface area contributed by atoms with E-state index in [1.807, 2.05) is 24.3 Å². The van der Waals surface area contributed by atoms with Gasteiger partial charge in [-0.25, -0.2) is 4.39 Å². The van der Waals surface area contributed by atoms with E-state index in [1.54, 1.807) is 24.8 Å². The average molecular weight is 534 g/mol. The van der Waals surface area contributed by atoms with E-state index in [-0.39, 0.29) is 17.6 Å². The molecule has 1 amide bonds. The van der Waals surface area contributed by atoms with Gasteiger partial charge in [-0.15, -0.1) is 0 Å². The zero-order valence-electron chi connectivity index (χ0n) is 21.3. The molecule has 198 valence electrons. The Morgan fingerprint density at radius 3 is 2.62 bits per heavy atom. The molecule has 1 aliphatic rings. The van der Waals surface area contributed by atoms with Crippen molar-refractivity contribution >= 4 is 33.4 Å². The molecule has 0 bridgehead atoms. The van der Waals surface area contributed by atoms with Gasteiger partial charge < -0.3 is 15.4 Å². The van der Waals surface area contributed by atoms with E-state index in [1.165, 1.54) is 12.1 Å². The number of H-pyrrole nitrogens is 2. The monoisotopic (exact) mass is 533 g/mol. The van der Waals surface area contributed by atoms with Crippen LogP contribution in [0, 0.1) is 11.7 Å². The molecule has 1 aromatic carbocycles. The van der Waals surface area contributed by atoms with E-state index < -0.39 is 5.82 Å². The van der Waals surface area contributed by atoms with Gasteiger partial charge in [0.1, 0.15) is 17.3 Å². The first-order valence-electron chi connectivity index (χ1n) is 13.1. The minimum absolute atomic E-state index is 0.0399. The van der Waals surface area contributed by atoms with E-state index in [0.717, 1.165) is 64.8 Å². The van der Waals surface area contributed by atoms with E-state index >= 15 is 0 Å². The van der Waals surface area contributed by atoms with Crippen LogP contribution in [0.25, 0.3) is 55.7 Å². The van der Waals surface area contributed by atoms with Gasteiger partial charge in [-0.05, 0) is 49.2 Å². The second-order valence-corrected chi connectivity index (χ2v) is 10.1. The van der Waals surface area contributed by atoms with Crippen LogP contribution in [-0.4, -0.2) is 41.1 Å². The molecule has 7 rings (SSSR count). The smallest absolute Gasteiger partial charge is 0.227 e. The number of hydrogen-bond donors (Lipinski definition) is 4. The lowest BCUT2D eigenvalue weighted by atomic mass is 10.1. The van der Waals surface area contributed by atoms with Gasteiger partial charge >= 0.3 is 0 Å². The average Bonchev–Trinajstić information content (AvgIpc) is 3.71. The lowest BCUT2D eigenvalue weighted by Crippen LogP contribution is -2.20. The van der Waals surface area contributed by atoms with Crippen molar-refractivity contribution in [2.75, 3.05) is 5.32 Å². The molecule has 0 radical (unpaired) electrons. The zero-order chi connectivity index (χ0) is 27.2. The molecule has 1 saturated carbocycles. The van der Waals surface area contributed by atoms with Crippen molar-refractivity contribution in [2.45, 2.75) is 25.7 Å². The van der Waals surface area contributed by atoms with Crippen LogP contribution in [0.2, 0.25) is 0 Å². The summed E-state index contributed by atoms with van der Waals surface area (Å²) in [6, 6.07) is 11.4. The summed E-state index contributed by atoms with van der Waals surface area (Å²) in [5.74, 6) is -0.609. The summed E-state index contributed by atoms with van der Waals surface area (Å²) in [7, 11) is 0. The number of benzene rings is 1. The lowest BCUT2D eigenvalue weighted by Gasteiger charge is -2.11. The van der Waals surface area contributed by atoms with E-state index in [0.29, 0.717) is 28.3 Å². The number of rotatable bonds is 5. The Morgan fingerprint density at radius 1 is 0.925 bits per heavy atom. The Labute approximate surface area is 227 Å². The van der Waals surface area contributed by atoms with Crippen LogP contribution in [0.5, 0.6) is 5.75 Å². The second kappa shape index (κ2) is 9.57. The van der Waals surface area contributed by atoms with Gasteiger partial charge in [-0.3, -0.25) is 24.8 Å². The van der Waals surface area contributed by atoms with Crippen LogP contribution in [0.15, 0.2) is 67.3 Å². The minimum atomic E-state index is -0.542. The number of halogens is 1. The number of pyridine rings is 3. The zero-order valence-corrected chi connectivity index (χ0v) is 21.3. The number of anilines is 1. The van der Waals surface area contributed by atoms with Crippen molar-refractivity contribution in [3.63, 3.8) is 0 Å². The predicted molar refractivity (Wildman–Crippen MR) is 150 cm³/mol. The molecule has 0 atom stereocenters. The van der Waals surface area contributed by atoms with E-state index in [4.69, 9.17) is 0 Å². The highest BCUT2D eigenvalue weighted by molar-refractivity contribution is 6.00. The van der Waals surface area contributed by atoms with Crippen molar-refractivity contribution < 1.29 is 14.3 Å². The highest BCUT2D eigenvalue weighted by Gasteiger charge is 2.23. The number of phenolic OH excluding ortho intramolecular Hbond substituents is 1. The molecule has 0 saturated heterocycles. The van der Waals surface area contributed by atoms with Gasteiger partial charge in [-0.1, -0.05) is 12.8 Å². The van der Waals surface area contributed by atoms with Gasteiger partial charge in [0.15, 0.2) is 0 Å². The molecule has 1 fully saturated rings. The maximum Gasteiger partial charge on any atom is 0.227 e. The molecule has 5 aromatic heterocycles. The maximum absolute atomic E-state index is 14.0. The second-order valence-electron chi connectivity index (χ2n) is 10.1. The summed E-state index contributed by atoms with van der Waals surface area (Å²) in [4.78, 5) is 29.4. The van der Waals surface area contributed by atoms with Gasteiger partial charge in [0.25, 0.3) is 0 Å². The fourth-order valence-corrected chi connectivity index (χ4v) is 5.48. The van der Waals surface area contributed by atoms with Gasteiger partial charge in [-0.2, -0.15) is 5.10 Å². The summed E-state index contributed by atoms with van der Waals surface area (Å²) < 4.78 is 14.0. The van der Waals surface area contributed by atoms with Crippen LogP contribution in [0.3, 0.4) is 0 Å². The number of nitrogens with one attached hydrogen (secondary N) is 3. The third-order valence-electron chi connectivity index (χ3n) is 7.43. The Bertz CT molecular complexity index is 1890. The Hall–Kier alpha value is -5.12. The number of aromatic nitrogens is 6. The largest absolute Gasteiger partial charge is 0.508 e. The summed E-state index contributed by atoms with van der Waals surface area (Å²) in [6.45, 7) is 0. The normalized spacial score (nSPS) is 13.8. The quantitative estimate of drug-likeness (QED) is 0.208. The van der Waals surface area contributed by atoms with Gasteiger partial charge in [0, 0.05) is 51.8 Å². The lowest BCUT2D eigenvalue weighted by molar-refractivity contribution is -0.119. The van der Waals surface area contributed by atoms with Crippen LogP contribution in [0.4, 0.5) is 10.1 Å². The van der Waals surface area contributed by atoms with Crippen LogP contribution >= 0.6 is 0 Å². The molecule has 1 aliphatic carbocycles. The first-order chi connectivity index (χ1) is 19.5. The predicted octanol–water partition coefficient (Wildman–Crippen LogP) is 6.20. The fourth-order valence-electron chi connectivity index (χ4n) is 5.48. The molecule has 5 heterocycles. The molecule has 0 unspecified atom stereocenters. The topological polar surface area (TPSA) is 132 Å². The van der Waals surface area contributed by atoms with Crippen LogP contribution in [0.1, 0.15) is 25.7 Å². The van der Waals surface area contributed by atoms with Crippen LogP contribution < -0.4 is 5.32 Å². The maximum atomic E-state index is 14.0. The number of carbonyl (C=O) groups is 1. The number of carbonyl (C=O) groups excluding carboxylic acids is 1. The Morgan fingerprint density at radius 2 is 1.77 bits per heavy atom. The Balaban J connectivity index is 1.25. The molecular formula is C30H24FN7O2. The Kier molecular flexibility index (Phi) is 5.73. The number of phenols is 1.